The van der Waals surface area contributed by atoms with Gasteiger partial charge in [-0.25, -0.2) is 8.78 Å². The van der Waals surface area contributed by atoms with E-state index in [1.165, 1.54) is 6.20 Å². The first-order valence-corrected chi connectivity index (χ1v) is 3.99. The Hall–Kier alpha value is -1.72. The fourth-order valence-corrected chi connectivity index (χ4v) is 1.11. The minimum atomic E-state index is -3.18. The zero-order valence-electron chi connectivity index (χ0n) is 7.23. The van der Waals surface area contributed by atoms with Gasteiger partial charge in [-0.05, 0) is 6.07 Å². The van der Waals surface area contributed by atoms with E-state index >= 15 is 0 Å². The van der Waals surface area contributed by atoms with Crippen LogP contribution in [0.5, 0.6) is 5.75 Å². The maximum Gasteiger partial charge on any atom is 0.387 e. The van der Waals surface area contributed by atoms with E-state index in [2.05, 4.69) is 10.1 Å². The van der Waals surface area contributed by atoms with E-state index in [4.69, 9.17) is 0 Å². The standard InChI is InChI=1S/C9H5F4NO/c10-5-2-8(15-9(12)13)6(11)1-4(5)7-3-14-7/h1-3,9,14H. The highest BCUT2D eigenvalue weighted by molar-refractivity contribution is 5.74. The molecule has 0 aromatic heterocycles. The molecule has 1 aliphatic rings. The molecule has 2 rings (SSSR count). The van der Waals surface area contributed by atoms with Crippen molar-refractivity contribution in [3.63, 3.8) is 0 Å². The summed E-state index contributed by atoms with van der Waals surface area (Å²) in [4.78, 5) is 0. The second kappa shape index (κ2) is 3.45. The summed E-state index contributed by atoms with van der Waals surface area (Å²) in [6.07, 6.45) is 1.46. The lowest BCUT2D eigenvalue weighted by atomic mass is 10.2. The molecule has 6 heteroatoms. The molecular weight excluding hydrogens is 214 g/mol. The van der Waals surface area contributed by atoms with Gasteiger partial charge in [0.15, 0.2) is 11.6 Å². The second-order valence-electron chi connectivity index (χ2n) is 2.84. The summed E-state index contributed by atoms with van der Waals surface area (Å²) in [5, 5.41) is 2.57. The van der Waals surface area contributed by atoms with Gasteiger partial charge >= 0.3 is 6.61 Å². The van der Waals surface area contributed by atoms with Gasteiger partial charge < -0.3 is 10.1 Å². The Labute approximate surface area is 82.2 Å². The van der Waals surface area contributed by atoms with Crippen LogP contribution in [0.2, 0.25) is 0 Å². The lowest BCUT2D eigenvalue weighted by Crippen LogP contribution is -2.05. The van der Waals surface area contributed by atoms with Crippen LogP contribution >= 0.6 is 0 Å². The number of alkyl halides is 2. The zero-order chi connectivity index (χ0) is 11.0. The van der Waals surface area contributed by atoms with Gasteiger partial charge in [-0.1, -0.05) is 0 Å². The van der Waals surface area contributed by atoms with Crippen molar-refractivity contribution in [2.45, 2.75) is 6.61 Å². The average Bonchev–Trinajstić information content (AvgIpc) is 2.93. The molecule has 0 unspecified atom stereocenters. The molecule has 0 spiro atoms. The summed E-state index contributed by atoms with van der Waals surface area (Å²) >= 11 is 0. The average molecular weight is 219 g/mol. The van der Waals surface area contributed by atoms with Crippen molar-refractivity contribution in [3.05, 3.63) is 35.5 Å². The first kappa shape index (κ1) is 9.82. The molecule has 1 heterocycles. The molecule has 15 heavy (non-hydrogen) atoms. The summed E-state index contributed by atoms with van der Waals surface area (Å²) in [6, 6.07) is 1.40. The van der Waals surface area contributed by atoms with Crippen molar-refractivity contribution in [2.75, 3.05) is 0 Å². The summed E-state index contributed by atoms with van der Waals surface area (Å²) in [6.45, 7) is -3.18. The Balaban J connectivity index is 2.34. The molecule has 1 N–H and O–H groups in total. The summed E-state index contributed by atoms with van der Waals surface area (Å²) in [5.41, 5.74) is 0.420. The van der Waals surface area contributed by atoms with Crippen LogP contribution in [0.25, 0.3) is 5.70 Å². The van der Waals surface area contributed by atoms with E-state index in [-0.39, 0.29) is 5.56 Å². The van der Waals surface area contributed by atoms with Crippen molar-refractivity contribution < 1.29 is 22.3 Å². The molecule has 0 aliphatic carbocycles. The van der Waals surface area contributed by atoms with E-state index in [1.807, 2.05) is 0 Å². The topological polar surface area (TPSA) is 31.2 Å². The quantitative estimate of drug-likeness (QED) is 0.791. The van der Waals surface area contributed by atoms with Crippen LogP contribution in [0.1, 0.15) is 5.56 Å². The van der Waals surface area contributed by atoms with Crippen molar-refractivity contribution in [1.29, 1.82) is 0 Å². The van der Waals surface area contributed by atoms with E-state index in [0.717, 1.165) is 6.07 Å². The Kier molecular flexibility index (Phi) is 2.26. The highest BCUT2D eigenvalue weighted by Crippen LogP contribution is 2.28. The third-order valence-corrected chi connectivity index (χ3v) is 1.82. The molecule has 0 saturated heterocycles. The minimum absolute atomic E-state index is 0.00545. The monoisotopic (exact) mass is 219 g/mol. The number of nitrogens with one attached hydrogen (secondary N) is 1. The van der Waals surface area contributed by atoms with Gasteiger partial charge in [0.1, 0.15) is 5.82 Å². The van der Waals surface area contributed by atoms with Gasteiger partial charge in [-0.15, -0.1) is 0 Å². The molecule has 0 saturated carbocycles. The summed E-state index contributed by atoms with van der Waals surface area (Å²) in [5.74, 6) is -2.64. The maximum atomic E-state index is 13.2. The molecule has 1 aromatic rings. The van der Waals surface area contributed by atoms with Crippen LogP contribution < -0.4 is 10.1 Å². The van der Waals surface area contributed by atoms with Crippen LogP contribution in [0.4, 0.5) is 17.6 Å². The van der Waals surface area contributed by atoms with Crippen LogP contribution in [0, 0.1) is 11.6 Å². The number of benzene rings is 1. The van der Waals surface area contributed by atoms with E-state index < -0.39 is 24.0 Å². The molecular formula is C9H5F4NO. The smallest absolute Gasteiger partial charge is 0.387 e. The highest BCUT2D eigenvalue weighted by Gasteiger charge is 2.19. The Morgan fingerprint density at radius 3 is 2.33 bits per heavy atom. The number of halogens is 4. The molecule has 1 aliphatic heterocycles. The van der Waals surface area contributed by atoms with E-state index in [9.17, 15) is 17.6 Å². The zero-order valence-corrected chi connectivity index (χ0v) is 7.23. The van der Waals surface area contributed by atoms with E-state index in [1.54, 1.807) is 0 Å². The van der Waals surface area contributed by atoms with Gasteiger partial charge in [-0.3, -0.25) is 0 Å². The van der Waals surface area contributed by atoms with Crippen LogP contribution in [0.3, 0.4) is 0 Å². The molecule has 0 atom stereocenters. The Bertz CT molecular complexity index is 430. The number of hydrogen-bond acceptors (Lipinski definition) is 2. The molecule has 0 bridgehead atoms. The molecule has 0 amide bonds. The van der Waals surface area contributed by atoms with Gasteiger partial charge in [0.25, 0.3) is 0 Å². The van der Waals surface area contributed by atoms with E-state index in [0.29, 0.717) is 11.8 Å². The van der Waals surface area contributed by atoms with Crippen molar-refractivity contribution in [3.8, 4) is 5.75 Å². The number of rotatable bonds is 3. The third-order valence-electron chi connectivity index (χ3n) is 1.82. The Morgan fingerprint density at radius 1 is 1.13 bits per heavy atom. The lowest BCUT2D eigenvalue weighted by Gasteiger charge is -2.07. The number of hydrogen-bond donors (Lipinski definition) is 1. The summed E-state index contributed by atoms with van der Waals surface area (Å²) in [7, 11) is 0. The van der Waals surface area contributed by atoms with Crippen molar-refractivity contribution in [1.82, 2.24) is 5.32 Å². The minimum Gasteiger partial charge on any atom is -0.432 e. The van der Waals surface area contributed by atoms with Crippen LogP contribution in [-0.4, -0.2) is 6.61 Å². The van der Waals surface area contributed by atoms with Gasteiger partial charge in [0.2, 0.25) is 0 Å². The molecule has 0 radical (unpaired) electrons. The molecule has 1 aromatic carbocycles. The van der Waals surface area contributed by atoms with Gasteiger partial charge in [-0.2, -0.15) is 8.78 Å². The van der Waals surface area contributed by atoms with Crippen LogP contribution in [0.15, 0.2) is 18.3 Å². The third kappa shape index (κ3) is 2.03. The molecule has 0 fully saturated rings. The first-order valence-electron chi connectivity index (χ1n) is 3.99. The second-order valence-corrected chi connectivity index (χ2v) is 2.84. The van der Waals surface area contributed by atoms with Crippen LogP contribution in [-0.2, 0) is 0 Å². The molecule has 2 nitrogen and oxygen atoms in total. The largest absolute Gasteiger partial charge is 0.432 e. The van der Waals surface area contributed by atoms with Gasteiger partial charge in [0, 0.05) is 17.8 Å². The first-order chi connectivity index (χ1) is 7.08. The highest BCUT2D eigenvalue weighted by atomic mass is 19.3. The maximum absolute atomic E-state index is 13.2. The predicted molar refractivity (Wildman–Crippen MR) is 44.1 cm³/mol. The number of ether oxygens (including phenoxy) is 1. The van der Waals surface area contributed by atoms with Gasteiger partial charge in [0.05, 0.1) is 5.70 Å². The lowest BCUT2D eigenvalue weighted by molar-refractivity contribution is -0.0523. The predicted octanol–water partition coefficient (Wildman–Crippen LogP) is 2.47. The van der Waals surface area contributed by atoms with Crippen molar-refractivity contribution >= 4 is 5.70 Å². The normalized spacial score (nSPS) is 13.5. The fraction of sp³-hybridized carbons (Fsp3) is 0.111. The summed E-state index contributed by atoms with van der Waals surface area (Å²) < 4.78 is 53.6. The fourth-order valence-electron chi connectivity index (χ4n) is 1.11. The molecule has 80 valence electrons. The van der Waals surface area contributed by atoms with Crippen molar-refractivity contribution in [2.24, 2.45) is 0 Å². The Morgan fingerprint density at radius 2 is 1.80 bits per heavy atom. The SMILES string of the molecule is Fc1cc(C2=CN2)c(F)cc1OC(F)F.